The van der Waals surface area contributed by atoms with Gasteiger partial charge in [-0.2, -0.15) is 0 Å². The summed E-state index contributed by atoms with van der Waals surface area (Å²) in [4.78, 5) is 14.8. The summed E-state index contributed by atoms with van der Waals surface area (Å²) in [5, 5.41) is 6.31. The zero-order valence-electron chi connectivity index (χ0n) is 16.5. The number of nitrogens with one attached hydrogen (secondary N) is 2. The van der Waals surface area contributed by atoms with Gasteiger partial charge in [-0.05, 0) is 85.6 Å². The fourth-order valence-electron chi connectivity index (χ4n) is 3.48. The lowest BCUT2D eigenvalue weighted by Gasteiger charge is -2.18. The van der Waals surface area contributed by atoms with Crippen LogP contribution in [0.4, 0.5) is 22.7 Å². The Hall–Kier alpha value is -3.47. The number of ether oxygens (including phenoxy) is 1. The number of nitrogens with zero attached hydrogens (tertiary/aromatic N) is 1. The standard InChI is InChI=1S/C24H25N3O2/c1-29-23-14-4-18(5-15-23)24(28)26-21-8-6-19(7-9-21)25-20-10-12-22(13-11-20)27-16-2-3-17-27/h4-15,25H,2-3,16-17H2,1H3,(H,26,28). The molecule has 3 aromatic carbocycles. The van der Waals surface area contributed by atoms with E-state index in [0.717, 1.165) is 35.9 Å². The van der Waals surface area contributed by atoms with Gasteiger partial charge in [0, 0.05) is 41.4 Å². The Morgan fingerprint density at radius 3 is 1.93 bits per heavy atom. The van der Waals surface area contributed by atoms with Crippen LogP contribution >= 0.6 is 0 Å². The summed E-state index contributed by atoms with van der Waals surface area (Å²) >= 11 is 0. The van der Waals surface area contributed by atoms with Crippen molar-refractivity contribution in [3.8, 4) is 5.75 Å². The first-order chi connectivity index (χ1) is 14.2. The van der Waals surface area contributed by atoms with Crippen molar-refractivity contribution in [2.75, 3.05) is 35.7 Å². The lowest BCUT2D eigenvalue weighted by molar-refractivity contribution is 0.102. The minimum absolute atomic E-state index is 0.147. The molecule has 0 radical (unpaired) electrons. The van der Waals surface area contributed by atoms with Gasteiger partial charge in [0.15, 0.2) is 0 Å². The highest BCUT2D eigenvalue weighted by Gasteiger charge is 2.11. The molecule has 1 amide bonds. The van der Waals surface area contributed by atoms with E-state index in [-0.39, 0.29) is 5.91 Å². The Balaban J connectivity index is 1.35. The molecular weight excluding hydrogens is 362 g/mol. The first-order valence-electron chi connectivity index (χ1n) is 9.89. The Bertz CT molecular complexity index is 945. The van der Waals surface area contributed by atoms with Crippen molar-refractivity contribution in [2.45, 2.75) is 12.8 Å². The van der Waals surface area contributed by atoms with Crippen molar-refractivity contribution in [1.82, 2.24) is 0 Å². The second-order valence-corrected chi connectivity index (χ2v) is 7.13. The second-order valence-electron chi connectivity index (χ2n) is 7.13. The van der Waals surface area contributed by atoms with Gasteiger partial charge in [-0.15, -0.1) is 0 Å². The van der Waals surface area contributed by atoms with Crippen LogP contribution in [0.1, 0.15) is 23.2 Å². The summed E-state index contributed by atoms with van der Waals surface area (Å²) < 4.78 is 5.12. The molecular formula is C24H25N3O2. The number of anilines is 4. The third kappa shape index (κ3) is 4.69. The Morgan fingerprint density at radius 1 is 0.793 bits per heavy atom. The Labute approximate surface area is 171 Å². The number of amides is 1. The van der Waals surface area contributed by atoms with Gasteiger partial charge in [0.1, 0.15) is 5.75 Å². The molecule has 5 nitrogen and oxygen atoms in total. The maximum atomic E-state index is 12.4. The molecule has 0 aromatic heterocycles. The molecule has 5 heteroatoms. The van der Waals surface area contributed by atoms with E-state index in [0.29, 0.717) is 5.56 Å². The predicted octanol–water partition coefficient (Wildman–Crippen LogP) is 5.29. The van der Waals surface area contributed by atoms with Crippen LogP contribution in [0.2, 0.25) is 0 Å². The molecule has 0 unspecified atom stereocenters. The van der Waals surface area contributed by atoms with Gasteiger partial charge in [-0.25, -0.2) is 0 Å². The fraction of sp³-hybridized carbons (Fsp3) is 0.208. The van der Waals surface area contributed by atoms with E-state index in [9.17, 15) is 4.79 Å². The van der Waals surface area contributed by atoms with E-state index in [2.05, 4.69) is 39.8 Å². The van der Waals surface area contributed by atoms with Gasteiger partial charge in [-0.1, -0.05) is 0 Å². The molecule has 148 valence electrons. The van der Waals surface area contributed by atoms with Gasteiger partial charge in [-0.3, -0.25) is 4.79 Å². The van der Waals surface area contributed by atoms with E-state index < -0.39 is 0 Å². The number of hydrogen-bond donors (Lipinski definition) is 2. The minimum Gasteiger partial charge on any atom is -0.497 e. The third-order valence-electron chi connectivity index (χ3n) is 5.12. The van der Waals surface area contributed by atoms with Crippen molar-refractivity contribution in [3.05, 3.63) is 78.4 Å². The SMILES string of the molecule is COc1ccc(C(=O)Nc2ccc(Nc3ccc(N4CCCC4)cc3)cc2)cc1. The molecule has 0 saturated carbocycles. The normalized spacial score (nSPS) is 13.2. The molecule has 1 heterocycles. The largest absolute Gasteiger partial charge is 0.497 e. The summed E-state index contributed by atoms with van der Waals surface area (Å²) in [5.41, 5.74) is 4.64. The number of methoxy groups -OCH3 is 1. The lowest BCUT2D eigenvalue weighted by atomic mass is 10.2. The quantitative estimate of drug-likeness (QED) is 0.603. The van der Waals surface area contributed by atoms with Crippen molar-refractivity contribution >= 4 is 28.7 Å². The molecule has 1 aliphatic heterocycles. The van der Waals surface area contributed by atoms with Crippen LogP contribution in [0.25, 0.3) is 0 Å². The maximum absolute atomic E-state index is 12.4. The zero-order valence-corrected chi connectivity index (χ0v) is 16.5. The first kappa shape index (κ1) is 18.9. The first-order valence-corrected chi connectivity index (χ1v) is 9.89. The van der Waals surface area contributed by atoms with Gasteiger partial charge >= 0.3 is 0 Å². The highest BCUT2D eigenvalue weighted by atomic mass is 16.5. The van der Waals surface area contributed by atoms with Gasteiger partial charge in [0.05, 0.1) is 7.11 Å². The van der Waals surface area contributed by atoms with E-state index in [4.69, 9.17) is 4.74 Å². The molecule has 29 heavy (non-hydrogen) atoms. The molecule has 0 atom stereocenters. The van der Waals surface area contributed by atoms with Gasteiger partial charge in [0.25, 0.3) is 5.91 Å². The smallest absolute Gasteiger partial charge is 0.255 e. The monoisotopic (exact) mass is 387 g/mol. The number of rotatable bonds is 6. The van der Waals surface area contributed by atoms with Crippen LogP contribution in [0.3, 0.4) is 0 Å². The molecule has 0 aliphatic carbocycles. The van der Waals surface area contributed by atoms with Crippen molar-refractivity contribution in [2.24, 2.45) is 0 Å². The predicted molar refractivity (Wildman–Crippen MR) is 119 cm³/mol. The number of carbonyl (C=O) groups is 1. The van der Waals surface area contributed by atoms with Crippen molar-refractivity contribution in [3.63, 3.8) is 0 Å². The van der Waals surface area contributed by atoms with Gasteiger partial charge < -0.3 is 20.3 Å². The van der Waals surface area contributed by atoms with Crippen LogP contribution in [0, 0.1) is 0 Å². The van der Waals surface area contributed by atoms with Crippen LogP contribution in [-0.2, 0) is 0 Å². The Morgan fingerprint density at radius 2 is 1.34 bits per heavy atom. The summed E-state index contributed by atoms with van der Waals surface area (Å²) in [6.45, 7) is 2.30. The molecule has 0 bridgehead atoms. The highest BCUT2D eigenvalue weighted by molar-refractivity contribution is 6.04. The van der Waals surface area contributed by atoms with E-state index in [1.54, 1.807) is 31.4 Å². The molecule has 0 spiro atoms. The summed E-state index contributed by atoms with van der Waals surface area (Å²) in [7, 11) is 1.60. The topological polar surface area (TPSA) is 53.6 Å². The van der Waals surface area contributed by atoms with E-state index in [1.807, 2.05) is 24.3 Å². The number of benzene rings is 3. The molecule has 4 rings (SSSR count). The maximum Gasteiger partial charge on any atom is 0.255 e. The Kier molecular flexibility index (Phi) is 5.66. The van der Waals surface area contributed by atoms with Crippen LogP contribution in [0.5, 0.6) is 5.75 Å². The average molecular weight is 387 g/mol. The van der Waals surface area contributed by atoms with Crippen molar-refractivity contribution < 1.29 is 9.53 Å². The molecule has 2 N–H and O–H groups in total. The highest BCUT2D eigenvalue weighted by Crippen LogP contribution is 2.24. The molecule has 1 fully saturated rings. The van der Waals surface area contributed by atoms with E-state index >= 15 is 0 Å². The van der Waals surface area contributed by atoms with Crippen LogP contribution in [0.15, 0.2) is 72.8 Å². The summed E-state index contributed by atoms with van der Waals surface area (Å²) in [6.07, 6.45) is 2.56. The zero-order chi connectivity index (χ0) is 20.1. The molecule has 1 aliphatic rings. The fourth-order valence-corrected chi connectivity index (χ4v) is 3.48. The van der Waals surface area contributed by atoms with Crippen LogP contribution < -0.4 is 20.3 Å². The van der Waals surface area contributed by atoms with Gasteiger partial charge in [0.2, 0.25) is 0 Å². The average Bonchev–Trinajstić information content (AvgIpc) is 3.31. The summed E-state index contributed by atoms with van der Waals surface area (Å²) in [5.74, 6) is 0.580. The number of hydrogen-bond acceptors (Lipinski definition) is 4. The lowest BCUT2D eigenvalue weighted by Crippen LogP contribution is -2.17. The number of carbonyl (C=O) groups excluding carboxylic acids is 1. The van der Waals surface area contributed by atoms with Crippen LogP contribution in [-0.4, -0.2) is 26.1 Å². The third-order valence-corrected chi connectivity index (χ3v) is 5.12. The molecule has 3 aromatic rings. The summed E-state index contributed by atoms with van der Waals surface area (Å²) in [6, 6.07) is 23.3. The minimum atomic E-state index is -0.147. The van der Waals surface area contributed by atoms with E-state index in [1.165, 1.54) is 18.5 Å². The molecule has 1 saturated heterocycles. The van der Waals surface area contributed by atoms with Crippen molar-refractivity contribution in [1.29, 1.82) is 0 Å². The second kappa shape index (κ2) is 8.69.